The second kappa shape index (κ2) is 6.63. The molecule has 0 aromatic heterocycles. The van der Waals surface area contributed by atoms with Crippen molar-refractivity contribution in [2.24, 2.45) is 0 Å². The van der Waals surface area contributed by atoms with Gasteiger partial charge in [0.15, 0.2) is 0 Å². The summed E-state index contributed by atoms with van der Waals surface area (Å²) >= 11 is -3.88. The first-order chi connectivity index (χ1) is 9.92. The number of benzene rings is 2. The zero-order valence-corrected chi connectivity index (χ0v) is 14.2. The molecule has 1 atom stereocenters. The van der Waals surface area contributed by atoms with Crippen LogP contribution in [0.25, 0.3) is 0 Å². The van der Waals surface area contributed by atoms with E-state index in [1.165, 1.54) is 24.3 Å². The van der Waals surface area contributed by atoms with Gasteiger partial charge in [0.2, 0.25) is 10.0 Å². The average molecular weight is 419 g/mol. The van der Waals surface area contributed by atoms with E-state index in [0.29, 0.717) is 0 Å². The molecule has 0 amide bonds. The highest BCUT2D eigenvalue weighted by molar-refractivity contribution is 14.2. The first-order valence-corrected chi connectivity index (χ1v) is 10.5. The van der Waals surface area contributed by atoms with Crippen LogP contribution in [-0.4, -0.2) is 8.42 Å². The van der Waals surface area contributed by atoms with Crippen LogP contribution in [0.5, 0.6) is 0 Å². The molecule has 2 aromatic rings. The molecule has 0 bridgehead atoms. The highest BCUT2D eigenvalue weighted by Gasteiger charge is 2.23. The lowest BCUT2D eigenvalue weighted by atomic mass is 10.1. The van der Waals surface area contributed by atoms with Gasteiger partial charge >= 0.3 is 19.8 Å². The lowest BCUT2D eigenvalue weighted by molar-refractivity contribution is 0.566. The van der Waals surface area contributed by atoms with Gasteiger partial charge in [0.25, 0.3) is 0 Å². The minimum absolute atomic E-state index is 0.116. The van der Waals surface area contributed by atoms with Crippen LogP contribution in [-0.2, 0) is 16.2 Å². The summed E-state index contributed by atoms with van der Waals surface area (Å²) < 4.78 is 49.7. The van der Waals surface area contributed by atoms with Crippen LogP contribution in [0.4, 0.5) is 0 Å². The minimum Gasteiger partial charge on any atom is -0.230 e. The van der Waals surface area contributed by atoms with Crippen LogP contribution >= 0.6 is 19.8 Å². The molecule has 7 heteroatoms. The van der Waals surface area contributed by atoms with Crippen LogP contribution in [0.3, 0.4) is 0 Å². The molecule has 0 aliphatic carbocycles. The molecular weight excluding hydrogens is 405 g/mol. The van der Waals surface area contributed by atoms with Crippen molar-refractivity contribution in [3.05, 3.63) is 63.7 Å². The Balaban J connectivity index is 2.36. The molecule has 0 aliphatic heterocycles. The Morgan fingerprint density at radius 1 is 0.952 bits per heavy atom. The topological polar surface area (TPSA) is 80.3 Å². The number of hydrogen-bond donors (Lipinski definition) is 1. The summed E-state index contributed by atoms with van der Waals surface area (Å²) in [5, 5.41) is 0. The van der Waals surface area contributed by atoms with Crippen LogP contribution in [0.15, 0.2) is 59.5 Å². The van der Waals surface area contributed by atoms with Crippen molar-refractivity contribution in [1.82, 2.24) is 4.72 Å². The Labute approximate surface area is 130 Å². The Kier molecular flexibility index (Phi) is 5.07. The van der Waals surface area contributed by atoms with E-state index in [2.05, 4.69) is 4.72 Å². The lowest BCUT2D eigenvalue weighted by Crippen LogP contribution is -2.27. The maximum absolute atomic E-state index is 12.4. The summed E-state index contributed by atoms with van der Waals surface area (Å²) in [6.07, 6.45) is 0. The lowest BCUT2D eigenvalue weighted by Gasteiger charge is -2.15. The van der Waals surface area contributed by atoms with Gasteiger partial charge in [-0.3, -0.25) is 0 Å². The molecule has 5 nitrogen and oxygen atoms in total. The molecule has 1 N–H and O–H groups in total. The smallest absolute Gasteiger partial charge is 0.230 e. The second-order valence-electron chi connectivity index (χ2n) is 4.40. The molecule has 0 radical (unpaired) electrons. The summed E-state index contributed by atoms with van der Waals surface area (Å²) in [5.74, 6) is 0. The molecule has 0 fully saturated rings. The van der Waals surface area contributed by atoms with Crippen molar-refractivity contribution in [2.75, 3.05) is 0 Å². The summed E-state index contributed by atoms with van der Waals surface area (Å²) in [6.45, 7) is 1.71. The first kappa shape index (κ1) is 16.1. The maximum Gasteiger partial charge on any atom is 0.342 e. The average Bonchev–Trinajstić information content (AvgIpc) is 2.47. The third-order valence-corrected chi connectivity index (χ3v) is 6.78. The van der Waals surface area contributed by atoms with E-state index in [-0.39, 0.29) is 8.47 Å². The number of rotatable bonds is 5. The molecule has 0 unspecified atom stereocenters. The van der Waals surface area contributed by atoms with E-state index in [4.69, 9.17) is 0 Å². The highest BCUT2D eigenvalue weighted by Crippen LogP contribution is 2.26. The number of hydrogen-bond acceptors (Lipinski definition) is 4. The maximum atomic E-state index is 12.4. The fourth-order valence-electron chi connectivity index (χ4n) is 1.90. The van der Waals surface area contributed by atoms with Gasteiger partial charge in [-0.05, 0) is 24.6 Å². The van der Waals surface area contributed by atoms with E-state index in [1.807, 2.05) is 18.2 Å². The standard InChI is InChI=1S/C14H14INO4S/c1-11(12-7-3-2-4-8-12)16-21(19,20)14-10-6-5-9-13(14)15(17)18/h2-11,16H,1H3/t11-/m1/s1. The monoisotopic (exact) mass is 419 g/mol. The van der Waals surface area contributed by atoms with Crippen molar-refractivity contribution in [1.29, 1.82) is 0 Å². The van der Waals surface area contributed by atoms with Gasteiger partial charge in [-0.1, -0.05) is 42.5 Å². The molecule has 2 rings (SSSR count). The number of sulfonamides is 1. The zero-order chi connectivity index (χ0) is 15.5. The fourth-order valence-corrected chi connectivity index (χ4v) is 5.61. The zero-order valence-electron chi connectivity index (χ0n) is 11.2. The number of nitrogens with one attached hydrogen (secondary N) is 1. The molecule has 0 saturated carbocycles. The van der Waals surface area contributed by atoms with Gasteiger partial charge in [-0.15, -0.1) is 0 Å². The molecule has 0 spiro atoms. The van der Waals surface area contributed by atoms with Crippen molar-refractivity contribution in [3.63, 3.8) is 0 Å². The minimum atomic E-state index is -3.89. The van der Waals surface area contributed by atoms with E-state index in [9.17, 15) is 14.6 Å². The summed E-state index contributed by atoms with van der Waals surface area (Å²) in [6, 6.07) is 14.2. The van der Waals surface area contributed by atoms with Crippen LogP contribution in [0.2, 0.25) is 0 Å². The molecule has 112 valence electrons. The molecule has 0 heterocycles. The number of halogens is 1. The predicted molar refractivity (Wildman–Crippen MR) is 85.7 cm³/mol. The Morgan fingerprint density at radius 3 is 2.14 bits per heavy atom. The highest BCUT2D eigenvalue weighted by atomic mass is 127. The predicted octanol–water partition coefficient (Wildman–Crippen LogP) is 3.09. The molecule has 2 aromatic carbocycles. The first-order valence-electron chi connectivity index (χ1n) is 6.13. The Morgan fingerprint density at radius 2 is 1.52 bits per heavy atom. The third-order valence-electron chi connectivity index (χ3n) is 2.92. The van der Waals surface area contributed by atoms with Gasteiger partial charge in [-0.2, -0.15) is 0 Å². The SMILES string of the molecule is C[C@@H](NS(=O)(=O)c1ccccc1I(=O)=O)c1ccccc1. The fraction of sp³-hybridized carbons (Fsp3) is 0.143. The van der Waals surface area contributed by atoms with Crippen LogP contribution in [0.1, 0.15) is 18.5 Å². The van der Waals surface area contributed by atoms with Crippen LogP contribution < -0.4 is 4.72 Å². The van der Waals surface area contributed by atoms with Gasteiger partial charge in [0.05, 0.1) is 3.57 Å². The van der Waals surface area contributed by atoms with Crippen LogP contribution in [0, 0.1) is 3.57 Å². The van der Waals surface area contributed by atoms with Crippen molar-refractivity contribution >= 4 is 29.8 Å². The largest absolute Gasteiger partial charge is 0.342 e. The van der Waals surface area contributed by atoms with Crippen molar-refractivity contribution < 1.29 is 14.6 Å². The summed E-state index contributed by atoms with van der Waals surface area (Å²) in [5.41, 5.74) is 0.804. The van der Waals surface area contributed by atoms with E-state index < -0.39 is 35.9 Å². The van der Waals surface area contributed by atoms with E-state index in [0.717, 1.165) is 5.56 Å². The summed E-state index contributed by atoms with van der Waals surface area (Å²) in [7, 11) is -3.89. The van der Waals surface area contributed by atoms with Crippen molar-refractivity contribution in [2.45, 2.75) is 17.9 Å². The Hall–Kier alpha value is -1.32. The quantitative estimate of drug-likeness (QED) is 0.756. The normalized spacial score (nSPS) is 13.2. The van der Waals surface area contributed by atoms with E-state index in [1.54, 1.807) is 19.1 Å². The second-order valence-corrected chi connectivity index (χ2v) is 8.49. The molecular formula is C14H14INO4S. The van der Waals surface area contributed by atoms with Gasteiger partial charge < -0.3 is 0 Å². The Bertz CT molecular complexity index is 793. The molecule has 0 saturated heterocycles. The van der Waals surface area contributed by atoms with Gasteiger partial charge in [0, 0.05) is 6.04 Å². The van der Waals surface area contributed by atoms with Gasteiger partial charge in [0.1, 0.15) is 4.90 Å². The molecule has 21 heavy (non-hydrogen) atoms. The van der Waals surface area contributed by atoms with Gasteiger partial charge in [-0.25, -0.2) is 19.3 Å². The summed E-state index contributed by atoms with van der Waals surface area (Å²) in [4.78, 5) is -0.192. The van der Waals surface area contributed by atoms with E-state index >= 15 is 0 Å². The molecule has 0 aliphatic rings. The van der Waals surface area contributed by atoms with Crippen molar-refractivity contribution in [3.8, 4) is 0 Å². The third kappa shape index (κ3) is 3.86.